The van der Waals surface area contributed by atoms with E-state index in [9.17, 15) is 9.90 Å². The molecule has 0 radical (unpaired) electrons. The zero-order chi connectivity index (χ0) is 15.0. The quantitative estimate of drug-likeness (QED) is 0.805. The van der Waals surface area contributed by atoms with Crippen LogP contribution in [0.25, 0.3) is 16.3 Å². The molecule has 5 nitrogen and oxygen atoms in total. The molecule has 0 aliphatic rings. The molecule has 106 valence electrons. The fraction of sp³-hybridized carbons (Fsp3) is 0.133. The fourth-order valence-corrected chi connectivity index (χ4v) is 2.85. The third kappa shape index (κ3) is 2.34. The highest BCUT2D eigenvalue weighted by molar-refractivity contribution is 7.13. The molecular weight excluding hydrogens is 286 g/mol. The van der Waals surface area contributed by atoms with Gasteiger partial charge in [-0.05, 0) is 48.6 Å². The predicted octanol–water partition coefficient (Wildman–Crippen LogP) is 3.31. The van der Waals surface area contributed by atoms with Crippen LogP contribution in [0.15, 0.2) is 35.7 Å². The molecule has 0 atom stereocenters. The normalized spacial score (nSPS) is 10.8. The monoisotopic (exact) mass is 299 g/mol. The minimum atomic E-state index is -1.08. The molecule has 0 unspecified atom stereocenters. The van der Waals surface area contributed by atoms with E-state index in [1.54, 1.807) is 4.68 Å². The molecule has 1 aromatic carbocycles. The first-order valence-electron chi connectivity index (χ1n) is 6.38. The van der Waals surface area contributed by atoms with E-state index >= 15 is 0 Å². The molecular formula is C15H13N3O2S. The molecule has 0 aliphatic carbocycles. The topological polar surface area (TPSA) is 68.0 Å². The number of nitrogens with zero attached hydrogens (tertiary/aromatic N) is 3. The Bertz CT molecular complexity index is 806. The van der Waals surface area contributed by atoms with Gasteiger partial charge >= 0.3 is 5.97 Å². The Morgan fingerprint density at radius 3 is 2.67 bits per heavy atom. The molecule has 1 N–H and O–H groups in total. The number of thiophene rings is 1. The minimum Gasteiger partial charge on any atom is -0.476 e. The number of hydrogen-bond acceptors (Lipinski definition) is 4. The summed E-state index contributed by atoms with van der Waals surface area (Å²) in [4.78, 5) is 12.2. The lowest BCUT2D eigenvalue weighted by Crippen LogP contribution is -2.02. The van der Waals surface area contributed by atoms with Crippen LogP contribution in [0.3, 0.4) is 0 Å². The molecule has 3 aromatic rings. The first-order chi connectivity index (χ1) is 10.1. The van der Waals surface area contributed by atoms with Crippen molar-refractivity contribution in [1.29, 1.82) is 0 Å². The van der Waals surface area contributed by atoms with Gasteiger partial charge in [-0.2, -0.15) is 0 Å². The molecule has 0 bridgehead atoms. The number of carboxylic acid groups (broad SMARTS) is 1. The van der Waals surface area contributed by atoms with Gasteiger partial charge in [-0.3, -0.25) is 0 Å². The van der Waals surface area contributed by atoms with Crippen molar-refractivity contribution in [1.82, 2.24) is 15.0 Å². The van der Waals surface area contributed by atoms with Crippen LogP contribution in [-0.2, 0) is 0 Å². The van der Waals surface area contributed by atoms with Gasteiger partial charge in [0.1, 0.15) is 5.69 Å². The second-order valence-corrected chi connectivity index (χ2v) is 5.70. The Morgan fingerprint density at radius 1 is 1.24 bits per heavy atom. The number of benzene rings is 1. The molecule has 0 spiro atoms. The van der Waals surface area contributed by atoms with Crippen LogP contribution in [-0.4, -0.2) is 26.1 Å². The third-order valence-corrected chi connectivity index (χ3v) is 4.24. The first-order valence-corrected chi connectivity index (χ1v) is 7.26. The maximum absolute atomic E-state index is 11.4. The molecule has 21 heavy (non-hydrogen) atoms. The van der Waals surface area contributed by atoms with E-state index in [0.29, 0.717) is 5.69 Å². The van der Waals surface area contributed by atoms with Crippen LogP contribution in [0.1, 0.15) is 21.6 Å². The zero-order valence-corrected chi connectivity index (χ0v) is 12.4. The number of aryl methyl sites for hydroxylation is 2. The lowest BCUT2D eigenvalue weighted by molar-refractivity contribution is 0.0691. The average Bonchev–Trinajstić information content (AvgIpc) is 3.09. The van der Waals surface area contributed by atoms with E-state index < -0.39 is 5.97 Å². The summed E-state index contributed by atoms with van der Waals surface area (Å²) in [6.45, 7) is 4.04. The van der Waals surface area contributed by atoms with Crippen molar-refractivity contribution in [3.05, 3.63) is 52.5 Å². The van der Waals surface area contributed by atoms with E-state index in [1.807, 2.05) is 49.6 Å². The van der Waals surface area contributed by atoms with Gasteiger partial charge in [0.05, 0.1) is 10.6 Å². The van der Waals surface area contributed by atoms with Crippen molar-refractivity contribution in [2.45, 2.75) is 13.8 Å². The van der Waals surface area contributed by atoms with Crippen LogP contribution in [0, 0.1) is 13.8 Å². The maximum Gasteiger partial charge on any atom is 0.358 e. The van der Waals surface area contributed by atoms with E-state index in [2.05, 4.69) is 10.3 Å². The van der Waals surface area contributed by atoms with Crippen molar-refractivity contribution in [2.75, 3.05) is 0 Å². The molecule has 0 saturated heterocycles. The predicted molar refractivity (Wildman–Crippen MR) is 81.1 cm³/mol. The van der Waals surface area contributed by atoms with Gasteiger partial charge in [0.15, 0.2) is 5.69 Å². The standard InChI is InChI=1S/C15H13N3O2S/c1-9-5-6-11(8-10(9)2)18-14(12-4-3-7-21-12)13(15(19)20)16-17-18/h3-8H,1-2H3,(H,19,20). The van der Waals surface area contributed by atoms with Gasteiger partial charge in [0.2, 0.25) is 0 Å². The van der Waals surface area contributed by atoms with Crippen LogP contribution < -0.4 is 0 Å². The molecule has 0 saturated carbocycles. The van der Waals surface area contributed by atoms with Gasteiger partial charge in [0, 0.05) is 0 Å². The van der Waals surface area contributed by atoms with Gasteiger partial charge in [0.25, 0.3) is 0 Å². The molecule has 0 aliphatic heterocycles. The summed E-state index contributed by atoms with van der Waals surface area (Å²) in [7, 11) is 0. The lowest BCUT2D eigenvalue weighted by atomic mass is 10.1. The molecule has 2 aromatic heterocycles. The first kappa shape index (κ1) is 13.5. The van der Waals surface area contributed by atoms with Crippen LogP contribution in [0.4, 0.5) is 0 Å². The highest BCUT2D eigenvalue weighted by atomic mass is 32.1. The van der Waals surface area contributed by atoms with Crippen LogP contribution in [0.5, 0.6) is 0 Å². The summed E-state index contributed by atoms with van der Waals surface area (Å²) in [5, 5.41) is 19.1. The third-order valence-electron chi connectivity index (χ3n) is 3.36. The maximum atomic E-state index is 11.4. The average molecular weight is 299 g/mol. The van der Waals surface area contributed by atoms with Crippen LogP contribution in [0.2, 0.25) is 0 Å². The molecule has 3 rings (SSSR count). The summed E-state index contributed by atoms with van der Waals surface area (Å²) in [5.74, 6) is -1.08. The SMILES string of the molecule is Cc1ccc(-n2nnc(C(=O)O)c2-c2cccs2)cc1C. The largest absolute Gasteiger partial charge is 0.476 e. The van der Waals surface area contributed by atoms with E-state index in [1.165, 1.54) is 16.9 Å². The summed E-state index contributed by atoms with van der Waals surface area (Å²) in [6.07, 6.45) is 0. The Balaban J connectivity index is 2.23. The van der Waals surface area contributed by atoms with Crippen molar-refractivity contribution in [2.24, 2.45) is 0 Å². The molecule has 6 heteroatoms. The second-order valence-electron chi connectivity index (χ2n) is 4.75. The van der Waals surface area contributed by atoms with E-state index in [-0.39, 0.29) is 5.69 Å². The summed E-state index contributed by atoms with van der Waals surface area (Å²) in [6, 6.07) is 9.63. The van der Waals surface area contributed by atoms with Gasteiger partial charge in [-0.1, -0.05) is 17.3 Å². The Morgan fingerprint density at radius 2 is 2.05 bits per heavy atom. The molecule has 0 fully saturated rings. The van der Waals surface area contributed by atoms with Crippen molar-refractivity contribution in [3.8, 4) is 16.3 Å². The number of hydrogen-bond donors (Lipinski definition) is 1. The number of rotatable bonds is 3. The van der Waals surface area contributed by atoms with E-state index in [4.69, 9.17) is 0 Å². The number of aromatic carboxylic acids is 1. The Hall–Kier alpha value is -2.47. The van der Waals surface area contributed by atoms with E-state index in [0.717, 1.165) is 16.1 Å². The summed E-state index contributed by atoms with van der Waals surface area (Å²) < 4.78 is 1.59. The van der Waals surface area contributed by atoms with Gasteiger partial charge in [-0.15, -0.1) is 16.4 Å². The highest BCUT2D eigenvalue weighted by Crippen LogP contribution is 2.29. The van der Waals surface area contributed by atoms with Crippen molar-refractivity contribution < 1.29 is 9.90 Å². The van der Waals surface area contributed by atoms with Crippen LogP contribution >= 0.6 is 11.3 Å². The minimum absolute atomic E-state index is 0.0318. The van der Waals surface area contributed by atoms with Crippen molar-refractivity contribution >= 4 is 17.3 Å². The number of aromatic nitrogens is 3. The van der Waals surface area contributed by atoms with Gasteiger partial charge in [-0.25, -0.2) is 9.48 Å². The zero-order valence-electron chi connectivity index (χ0n) is 11.6. The fourth-order valence-electron chi connectivity index (χ4n) is 2.10. The van der Waals surface area contributed by atoms with Gasteiger partial charge < -0.3 is 5.11 Å². The molecule has 2 heterocycles. The summed E-state index contributed by atoms with van der Waals surface area (Å²) in [5.41, 5.74) is 3.59. The second kappa shape index (κ2) is 5.14. The van der Waals surface area contributed by atoms with Crippen molar-refractivity contribution in [3.63, 3.8) is 0 Å². The smallest absolute Gasteiger partial charge is 0.358 e. The highest BCUT2D eigenvalue weighted by Gasteiger charge is 2.22. The molecule has 0 amide bonds. The Kier molecular flexibility index (Phi) is 3.31. The summed E-state index contributed by atoms with van der Waals surface area (Å²) >= 11 is 1.46. The number of carboxylic acids is 1. The number of carbonyl (C=O) groups is 1. The lowest BCUT2D eigenvalue weighted by Gasteiger charge is -2.08. The Labute approximate surface area is 125 Å².